The highest BCUT2D eigenvalue weighted by molar-refractivity contribution is 5.95. The van der Waals surface area contributed by atoms with E-state index in [-0.39, 0.29) is 5.91 Å². The van der Waals surface area contributed by atoms with E-state index in [4.69, 9.17) is 9.97 Å². The molecule has 0 bridgehead atoms. The van der Waals surface area contributed by atoms with Crippen LogP contribution in [0.5, 0.6) is 0 Å². The minimum Gasteiger partial charge on any atom is -0.341 e. The molecule has 0 radical (unpaired) electrons. The highest BCUT2D eigenvalue weighted by atomic mass is 16.2. The molecule has 1 fully saturated rings. The fourth-order valence-corrected chi connectivity index (χ4v) is 4.02. The second kappa shape index (κ2) is 7.06. The average Bonchev–Trinajstić information content (AvgIpc) is 3.09. The maximum absolute atomic E-state index is 13.0. The number of hydrogen-bond donors (Lipinski definition) is 0. The summed E-state index contributed by atoms with van der Waals surface area (Å²) in [6, 6.07) is 7.83. The van der Waals surface area contributed by atoms with Crippen molar-refractivity contribution in [1.29, 1.82) is 0 Å². The number of aryl methyl sites for hydroxylation is 2. The van der Waals surface area contributed by atoms with Gasteiger partial charge in [0, 0.05) is 43.9 Å². The molecule has 1 aromatic heterocycles. The van der Waals surface area contributed by atoms with Crippen LogP contribution in [0.3, 0.4) is 0 Å². The lowest BCUT2D eigenvalue weighted by atomic mass is 10.1. The summed E-state index contributed by atoms with van der Waals surface area (Å²) in [5.41, 5.74) is 5.26. The van der Waals surface area contributed by atoms with E-state index < -0.39 is 0 Å². The number of amides is 1. The Morgan fingerprint density at radius 2 is 1.69 bits per heavy atom. The van der Waals surface area contributed by atoms with Gasteiger partial charge in [-0.1, -0.05) is 18.2 Å². The number of fused-ring (bicyclic) bond motifs is 1. The predicted octanol–water partition coefficient (Wildman–Crippen LogP) is 2.93. The van der Waals surface area contributed by atoms with Crippen molar-refractivity contribution in [3.63, 3.8) is 0 Å². The molecule has 0 saturated carbocycles. The van der Waals surface area contributed by atoms with E-state index in [1.165, 1.54) is 18.4 Å². The zero-order chi connectivity index (χ0) is 18.1. The zero-order valence-electron chi connectivity index (χ0n) is 15.7. The summed E-state index contributed by atoms with van der Waals surface area (Å²) < 4.78 is 0. The molecule has 2 aliphatic rings. The lowest BCUT2D eigenvalue weighted by Gasteiger charge is -2.21. The van der Waals surface area contributed by atoms with Gasteiger partial charge in [-0.15, -0.1) is 0 Å². The molecule has 0 unspecified atom stereocenters. The lowest BCUT2D eigenvalue weighted by molar-refractivity contribution is 0.0762. The van der Waals surface area contributed by atoms with E-state index in [9.17, 15) is 4.79 Å². The van der Waals surface area contributed by atoms with Gasteiger partial charge in [0.25, 0.3) is 5.91 Å². The number of carbonyl (C=O) groups is 1. The molecule has 1 aromatic carbocycles. The molecule has 2 aromatic rings. The number of carbonyl (C=O) groups excluding carboxylic acids is 1. The number of rotatable bonds is 2. The first-order valence-electron chi connectivity index (χ1n) is 9.60. The Bertz CT molecular complexity index is 827. The zero-order valence-corrected chi connectivity index (χ0v) is 15.7. The van der Waals surface area contributed by atoms with Crippen LogP contribution in [0.2, 0.25) is 0 Å². The van der Waals surface area contributed by atoms with Gasteiger partial charge in [-0.25, -0.2) is 9.97 Å². The largest absolute Gasteiger partial charge is 0.341 e. The number of anilines is 1. The molecular formula is C21H26N4O. The Morgan fingerprint density at radius 1 is 0.962 bits per heavy atom. The van der Waals surface area contributed by atoms with Crippen molar-refractivity contribution in [1.82, 2.24) is 14.9 Å². The van der Waals surface area contributed by atoms with Crippen LogP contribution in [-0.2, 0) is 12.8 Å². The van der Waals surface area contributed by atoms with E-state index in [1.54, 1.807) is 0 Å². The van der Waals surface area contributed by atoms with Gasteiger partial charge in [-0.2, -0.15) is 0 Å². The molecule has 136 valence electrons. The predicted molar refractivity (Wildman–Crippen MR) is 103 cm³/mol. The Hall–Kier alpha value is -2.43. The van der Waals surface area contributed by atoms with Gasteiger partial charge in [-0.3, -0.25) is 4.79 Å². The van der Waals surface area contributed by atoms with Crippen LogP contribution >= 0.6 is 0 Å². The Balaban J connectivity index is 1.56. The standard InChI is InChI=1S/C21H26N4O/c1-15-7-3-4-8-17(15)20(26)24-13-9-18-16(2)22-21(23-19(18)10-14-24)25-11-5-6-12-25/h3-4,7-8H,5-6,9-14H2,1-2H3. The molecule has 3 heterocycles. The van der Waals surface area contributed by atoms with Crippen molar-refractivity contribution in [3.05, 3.63) is 52.3 Å². The van der Waals surface area contributed by atoms with Gasteiger partial charge < -0.3 is 9.80 Å². The van der Waals surface area contributed by atoms with Crippen molar-refractivity contribution in [2.24, 2.45) is 0 Å². The number of nitrogens with zero attached hydrogens (tertiary/aromatic N) is 4. The van der Waals surface area contributed by atoms with E-state index in [0.29, 0.717) is 0 Å². The SMILES string of the molecule is Cc1ccccc1C(=O)N1CCc2nc(N3CCCC3)nc(C)c2CC1. The van der Waals surface area contributed by atoms with Crippen molar-refractivity contribution in [3.8, 4) is 0 Å². The molecule has 5 nitrogen and oxygen atoms in total. The maximum atomic E-state index is 13.0. The molecule has 0 atom stereocenters. The quantitative estimate of drug-likeness (QED) is 0.836. The van der Waals surface area contributed by atoms with E-state index >= 15 is 0 Å². The summed E-state index contributed by atoms with van der Waals surface area (Å²) >= 11 is 0. The third kappa shape index (κ3) is 3.18. The van der Waals surface area contributed by atoms with Crippen LogP contribution in [0, 0.1) is 13.8 Å². The van der Waals surface area contributed by atoms with Crippen LogP contribution in [0.1, 0.15) is 45.7 Å². The monoisotopic (exact) mass is 350 g/mol. The van der Waals surface area contributed by atoms with E-state index in [0.717, 1.165) is 67.5 Å². The van der Waals surface area contributed by atoms with E-state index in [1.807, 2.05) is 36.1 Å². The first-order valence-corrected chi connectivity index (χ1v) is 9.60. The molecule has 0 aliphatic carbocycles. The Kier molecular flexibility index (Phi) is 4.62. The van der Waals surface area contributed by atoms with Crippen LogP contribution in [0.4, 0.5) is 5.95 Å². The van der Waals surface area contributed by atoms with Gasteiger partial charge >= 0.3 is 0 Å². The molecular weight excluding hydrogens is 324 g/mol. The summed E-state index contributed by atoms with van der Waals surface area (Å²) in [5.74, 6) is 0.999. The number of hydrogen-bond acceptors (Lipinski definition) is 4. The molecule has 4 rings (SSSR count). The third-order valence-electron chi connectivity index (χ3n) is 5.59. The first-order chi connectivity index (χ1) is 12.6. The fraction of sp³-hybridized carbons (Fsp3) is 0.476. The maximum Gasteiger partial charge on any atom is 0.254 e. The van der Waals surface area contributed by atoms with Crippen molar-refractivity contribution >= 4 is 11.9 Å². The lowest BCUT2D eigenvalue weighted by Crippen LogP contribution is -2.33. The molecule has 5 heteroatoms. The summed E-state index contributed by atoms with van der Waals surface area (Å²) in [4.78, 5) is 26.9. The van der Waals surface area contributed by atoms with Crippen LogP contribution in [0.15, 0.2) is 24.3 Å². The molecule has 1 saturated heterocycles. The Labute approximate surface area is 155 Å². The van der Waals surface area contributed by atoms with Crippen molar-refractivity contribution in [2.75, 3.05) is 31.1 Å². The fourth-order valence-electron chi connectivity index (χ4n) is 4.02. The van der Waals surface area contributed by atoms with Gasteiger partial charge in [0.05, 0.1) is 5.69 Å². The number of aromatic nitrogens is 2. The van der Waals surface area contributed by atoms with Crippen molar-refractivity contribution < 1.29 is 4.79 Å². The first kappa shape index (κ1) is 17.0. The molecule has 1 amide bonds. The average molecular weight is 350 g/mol. The summed E-state index contributed by atoms with van der Waals surface area (Å²) in [5, 5.41) is 0. The summed E-state index contributed by atoms with van der Waals surface area (Å²) in [6.07, 6.45) is 4.08. The number of benzene rings is 1. The highest BCUT2D eigenvalue weighted by Crippen LogP contribution is 2.23. The third-order valence-corrected chi connectivity index (χ3v) is 5.59. The highest BCUT2D eigenvalue weighted by Gasteiger charge is 2.24. The van der Waals surface area contributed by atoms with Gasteiger partial charge in [0.2, 0.25) is 5.95 Å². The van der Waals surface area contributed by atoms with Crippen LogP contribution < -0.4 is 4.90 Å². The van der Waals surface area contributed by atoms with Crippen LogP contribution in [0.25, 0.3) is 0 Å². The summed E-state index contributed by atoms with van der Waals surface area (Å²) in [6.45, 7) is 7.63. The van der Waals surface area contributed by atoms with E-state index in [2.05, 4.69) is 11.8 Å². The topological polar surface area (TPSA) is 49.3 Å². The summed E-state index contributed by atoms with van der Waals surface area (Å²) in [7, 11) is 0. The second-order valence-electron chi connectivity index (χ2n) is 7.34. The molecule has 26 heavy (non-hydrogen) atoms. The minimum atomic E-state index is 0.126. The smallest absolute Gasteiger partial charge is 0.254 e. The molecule has 0 spiro atoms. The van der Waals surface area contributed by atoms with Gasteiger partial charge in [-0.05, 0) is 50.3 Å². The van der Waals surface area contributed by atoms with Crippen LogP contribution in [-0.4, -0.2) is 47.0 Å². The molecule has 2 aliphatic heterocycles. The normalized spacial score (nSPS) is 17.2. The Morgan fingerprint density at radius 3 is 2.46 bits per heavy atom. The van der Waals surface area contributed by atoms with Gasteiger partial charge in [0.1, 0.15) is 0 Å². The molecule has 0 N–H and O–H groups in total. The van der Waals surface area contributed by atoms with Crippen molar-refractivity contribution in [2.45, 2.75) is 39.5 Å². The van der Waals surface area contributed by atoms with Gasteiger partial charge in [0.15, 0.2) is 0 Å². The minimum absolute atomic E-state index is 0.126. The second-order valence-corrected chi connectivity index (χ2v) is 7.34.